The molecule has 1 N–H and O–H groups in total. The summed E-state index contributed by atoms with van der Waals surface area (Å²) in [6, 6.07) is 3.46. The first-order chi connectivity index (χ1) is 9.79. The fraction of sp³-hybridized carbons (Fsp3) is 0.500. The molecule has 116 valence electrons. The van der Waals surface area contributed by atoms with Crippen LogP contribution in [0.1, 0.15) is 17.2 Å². The van der Waals surface area contributed by atoms with Gasteiger partial charge in [-0.15, -0.1) is 0 Å². The average molecular weight is 302 g/mol. The number of alkyl halides is 3. The van der Waals surface area contributed by atoms with E-state index >= 15 is 0 Å². The molecule has 1 fully saturated rings. The molecule has 0 radical (unpaired) electrons. The van der Waals surface area contributed by atoms with E-state index in [1.54, 1.807) is 4.90 Å². The molecule has 0 bridgehead atoms. The Kier molecular flexibility index (Phi) is 4.53. The second kappa shape index (κ2) is 6.03. The van der Waals surface area contributed by atoms with Gasteiger partial charge in [0, 0.05) is 26.2 Å². The zero-order valence-corrected chi connectivity index (χ0v) is 11.6. The fourth-order valence-corrected chi connectivity index (χ4v) is 2.44. The summed E-state index contributed by atoms with van der Waals surface area (Å²) in [6.07, 6.45) is -4.41. The van der Waals surface area contributed by atoms with E-state index in [9.17, 15) is 23.1 Å². The van der Waals surface area contributed by atoms with Crippen molar-refractivity contribution in [1.82, 2.24) is 9.80 Å². The molecular weight excluding hydrogens is 285 g/mol. The lowest BCUT2D eigenvalue weighted by molar-refractivity contribution is -0.144. The smallest absolute Gasteiger partial charge is 0.416 e. The lowest BCUT2D eigenvalue weighted by atomic mass is 10.0. The van der Waals surface area contributed by atoms with E-state index in [0.29, 0.717) is 18.7 Å². The van der Waals surface area contributed by atoms with Crippen molar-refractivity contribution >= 4 is 5.97 Å². The predicted molar refractivity (Wildman–Crippen MR) is 70.9 cm³/mol. The van der Waals surface area contributed by atoms with E-state index in [1.807, 2.05) is 7.05 Å². The van der Waals surface area contributed by atoms with Gasteiger partial charge in [0.15, 0.2) is 0 Å². The molecule has 4 nitrogen and oxygen atoms in total. The number of hydrogen-bond donors (Lipinski definition) is 1. The number of rotatable bonds is 3. The number of halogens is 3. The summed E-state index contributed by atoms with van der Waals surface area (Å²) in [7, 11) is 1.95. The second-order valence-electron chi connectivity index (χ2n) is 5.20. The number of nitrogens with zero attached hydrogens (tertiary/aromatic N) is 2. The molecule has 1 aliphatic heterocycles. The van der Waals surface area contributed by atoms with Crippen molar-refractivity contribution in [3.05, 3.63) is 35.4 Å². The number of carboxylic acid groups (broad SMARTS) is 1. The maximum atomic E-state index is 12.5. The molecule has 7 heteroatoms. The number of hydrogen-bond acceptors (Lipinski definition) is 3. The highest BCUT2D eigenvalue weighted by molar-refractivity contribution is 5.75. The monoisotopic (exact) mass is 302 g/mol. The summed E-state index contributed by atoms with van der Waals surface area (Å²) in [5.41, 5.74) is -0.395. The zero-order valence-electron chi connectivity index (χ0n) is 11.6. The van der Waals surface area contributed by atoms with Crippen LogP contribution in [0.3, 0.4) is 0 Å². The molecular formula is C14H17F3N2O2. The van der Waals surface area contributed by atoms with Gasteiger partial charge in [0.1, 0.15) is 6.04 Å². The Labute approximate surface area is 120 Å². The van der Waals surface area contributed by atoms with E-state index in [0.717, 1.165) is 25.2 Å². The maximum absolute atomic E-state index is 12.5. The normalized spacial score (nSPS) is 19.4. The fourth-order valence-electron chi connectivity index (χ4n) is 2.44. The molecule has 1 aromatic rings. The molecule has 1 atom stereocenters. The standard InChI is InChI=1S/C14H17F3N2O2/c1-18-6-8-19(9-7-18)12(13(20)21)10-2-4-11(5-3-10)14(15,16)17/h2-5,12H,6-9H2,1H3,(H,20,21). The van der Waals surface area contributed by atoms with E-state index in [1.165, 1.54) is 12.1 Å². The minimum Gasteiger partial charge on any atom is -0.480 e. The summed E-state index contributed by atoms with van der Waals surface area (Å²) in [5, 5.41) is 9.40. The summed E-state index contributed by atoms with van der Waals surface area (Å²) < 4.78 is 37.6. The SMILES string of the molecule is CN1CCN(C(C(=O)O)c2ccc(C(F)(F)F)cc2)CC1. The molecule has 2 rings (SSSR count). The van der Waals surface area contributed by atoms with Crippen molar-refractivity contribution in [3.63, 3.8) is 0 Å². The van der Waals surface area contributed by atoms with Crippen molar-refractivity contribution in [2.75, 3.05) is 33.2 Å². The van der Waals surface area contributed by atoms with Crippen LogP contribution in [-0.2, 0) is 11.0 Å². The number of piperazine rings is 1. The lowest BCUT2D eigenvalue weighted by Crippen LogP contribution is -2.47. The molecule has 1 heterocycles. The Morgan fingerprint density at radius 1 is 1.14 bits per heavy atom. The van der Waals surface area contributed by atoms with Crippen LogP contribution in [0.5, 0.6) is 0 Å². The Balaban J connectivity index is 2.21. The topological polar surface area (TPSA) is 43.8 Å². The molecule has 1 unspecified atom stereocenters. The zero-order chi connectivity index (χ0) is 15.6. The van der Waals surface area contributed by atoms with Crippen molar-refractivity contribution in [3.8, 4) is 0 Å². The van der Waals surface area contributed by atoms with Crippen LogP contribution in [0.25, 0.3) is 0 Å². The molecule has 1 aliphatic rings. The summed E-state index contributed by atoms with van der Waals surface area (Å²) in [6.45, 7) is 2.64. The van der Waals surface area contributed by atoms with E-state index < -0.39 is 23.8 Å². The first kappa shape index (κ1) is 15.8. The third kappa shape index (κ3) is 3.74. The summed E-state index contributed by atoms with van der Waals surface area (Å²) in [5.74, 6) is -1.04. The quantitative estimate of drug-likeness (QED) is 0.928. The second-order valence-corrected chi connectivity index (χ2v) is 5.20. The van der Waals surface area contributed by atoms with Gasteiger partial charge in [0.05, 0.1) is 5.56 Å². The van der Waals surface area contributed by atoms with E-state index in [4.69, 9.17) is 0 Å². The van der Waals surface area contributed by atoms with Crippen LogP contribution < -0.4 is 0 Å². The maximum Gasteiger partial charge on any atom is 0.416 e. The van der Waals surface area contributed by atoms with Crippen LogP contribution in [0.15, 0.2) is 24.3 Å². The molecule has 21 heavy (non-hydrogen) atoms. The average Bonchev–Trinajstić information content (AvgIpc) is 2.40. The van der Waals surface area contributed by atoms with Gasteiger partial charge in [-0.2, -0.15) is 13.2 Å². The number of carbonyl (C=O) groups is 1. The largest absolute Gasteiger partial charge is 0.480 e. The lowest BCUT2D eigenvalue weighted by Gasteiger charge is -2.36. The molecule has 1 saturated heterocycles. The first-order valence-corrected chi connectivity index (χ1v) is 6.61. The van der Waals surface area contributed by atoms with Crippen LogP contribution >= 0.6 is 0 Å². The van der Waals surface area contributed by atoms with Gasteiger partial charge in [0.25, 0.3) is 0 Å². The molecule has 1 aromatic carbocycles. The van der Waals surface area contributed by atoms with Crippen LogP contribution in [-0.4, -0.2) is 54.1 Å². The predicted octanol–water partition coefficient (Wildman–Crippen LogP) is 2.08. The Hall–Kier alpha value is -1.60. The van der Waals surface area contributed by atoms with Gasteiger partial charge in [-0.25, -0.2) is 0 Å². The Morgan fingerprint density at radius 2 is 1.67 bits per heavy atom. The first-order valence-electron chi connectivity index (χ1n) is 6.61. The number of carboxylic acids is 1. The van der Waals surface area contributed by atoms with Crippen LogP contribution in [0, 0.1) is 0 Å². The minimum absolute atomic E-state index is 0.375. The number of likely N-dealkylation sites (N-methyl/N-ethyl adjacent to an activating group) is 1. The Morgan fingerprint density at radius 3 is 2.10 bits per heavy atom. The molecule has 0 aliphatic carbocycles. The van der Waals surface area contributed by atoms with Gasteiger partial charge in [-0.3, -0.25) is 9.69 Å². The summed E-state index contributed by atoms with van der Waals surface area (Å²) in [4.78, 5) is 15.4. The highest BCUT2D eigenvalue weighted by Crippen LogP contribution is 2.31. The van der Waals surface area contributed by atoms with Crippen molar-refractivity contribution in [2.45, 2.75) is 12.2 Å². The van der Waals surface area contributed by atoms with Gasteiger partial charge in [-0.1, -0.05) is 12.1 Å². The van der Waals surface area contributed by atoms with Gasteiger partial charge < -0.3 is 10.0 Å². The van der Waals surface area contributed by atoms with E-state index in [-0.39, 0.29) is 0 Å². The van der Waals surface area contributed by atoms with Crippen molar-refractivity contribution < 1.29 is 23.1 Å². The highest BCUT2D eigenvalue weighted by atomic mass is 19.4. The minimum atomic E-state index is -4.41. The molecule has 0 aromatic heterocycles. The third-order valence-electron chi connectivity index (χ3n) is 3.69. The molecule has 0 spiro atoms. The van der Waals surface area contributed by atoms with Crippen LogP contribution in [0.4, 0.5) is 13.2 Å². The summed E-state index contributed by atoms with van der Waals surface area (Å²) >= 11 is 0. The van der Waals surface area contributed by atoms with Crippen molar-refractivity contribution in [2.24, 2.45) is 0 Å². The highest BCUT2D eigenvalue weighted by Gasteiger charge is 2.32. The Bertz CT molecular complexity index is 494. The van der Waals surface area contributed by atoms with Crippen molar-refractivity contribution in [1.29, 1.82) is 0 Å². The molecule has 0 amide bonds. The third-order valence-corrected chi connectivity index (χ3v) is 3.69. The van der Waals surface area contributed by atoms with Gasteiger partial charge in [-0.05, 0) is 24.7 Å². The molecule has 0 saturated carbocycles. The van der Waals surface area contributed by atoms with Gasteiger partial charge in [0.2, 0.25) is 0 Å². The number of benzene rings is 1. The van der Waals surface area contributed by atoms with Gasteiger partial charge >= 0.3 is 12.1 Å². The van der Waals surface area contributed by atoms with Crippen LogP contribution in [0.2, 0.25) is 0 Å². The number of aliphatic carboxylic acids is 1. The van der Waals surface area contributed by atoms with E-state index in [2.05, 4.69) is 4.90 Å².